The zero-order chi connectivity index (χ0) is 27.7. The number of Topliss-reactive ketones (excluding diaryl/α,β-unsaturated/α-hetero) is 2. The van der Waals surface area contributed by atoms with E-state index in [1.807, 2.05) is 14.0 Å². The SMILES string of the molecule is CCOc1cc(C2C3=C(CCCC3=O)N(C)C3=C2C(=O)CCC3)cc(Cl)c1OCC(=O)Nc1ccc(Cl)cc1. The summed E-state index contributed by atoms with van der Waals surface area (Å²) >= 11 is 12.6. The Bertz CT molecular complexity index is 1350. The standard InChI is InChI=1S/C30H30Cl2N2O5/c1-3-38-25-15-17(14-20(32)30(25)39-16-26(37)33-19-12-10-18(31)11-13-19)27-28-21(6-4-8-23(28)35)34(2)22-7-5-9-24(36)29(22)27/h10-15,27H,3-9,16H2,1-2H3,(H,33,37). The fourth-order valence-electron chi connectivity index (χ4n) is 5.71. The highest BCUT2D eigenvalue weighted by atomic mass is 35.5. The van der Waals surface area contributed by atoms with E-state index in [-0.39, 0.29) is 34.9 Å². The second-order valence-corrected chi connectivity index (χ2v) is 10.7. The maximum Gasteiger partial charge on any atom is 0.262 e. The van der Waals surface area contributed by atoms with E-state index < -0.39 is 5.92 Å². The molecule has 5 rings (SSSR count). The van der Waals surface area contributed by atoms with Crippen molar-refractivity contribution in [1.82, 2.24) is 4.90 Å². The molecule has 0 atom stereocenters. The molecular formula is C30H30Cl2N2O5. The Morgan fingerprint density at radius 3 is 2.15 bits per heavy atom. The average molecular weight is 569 g/mol. The Balaban J connectivity index is 1.49. The summed E-state index contributed by atoms with van der Waals surface area (Å²) in [5.74, 6) is -0.173. The molecule has 0 saturated heterocycles. The largest absolute Gasteiger partial charge is 0.490 e. The number of halogens is 2. The molecule has 0 spiro atoms. The maximum absolute atomic E-state index is 13.3. The topological polar surface area (TPSA) is 84.9 Å². The summed E-state index contributed by atoms with van der Waals surface area (Å²) in [6.07, 6.45) is 4.07. The number of hydrogen-bond acceptors (Lipinski definition) is 6. The van der Waals surface area contributed by atoms with E-state index in [0.717, 1.165) is 37.1 Å². The van der Waals surface area contributed by atoms with Crippen LogP contribution in [0.2, 0.25) is 10.0 Å². The number of carbonyl (C=O) groups excluding carboxylic acids is 3. The van der Waals surface area contributed by atoms with Gasteiger partial charge in [0, 0.05) is 59.1 Å². The molecule has 0 unspecified atom stereocenters. The molecule has 1 N–H and O–H groups in total. The lowest BCUT2D eigenvalue weighted by Crippen LogP contribution is -2.37. The number of ketones is 2. The van der Waals surface area contributed by atoms with Crippen LogP contribution in [0.4, 0.5) is 5.69 Å². The summed E-state index contributed by atoms with van der Waals surface area (Å²) in [7, 11) is 1.96. The van der Waals surface area contributed by atoms with Crippen molar-refractivity contribution in [1.29, 1.82) is 0 Å². The van der Waals surface area contributed by atoms with Crippen molar-refractivity contribution in [3.63, 3.8) is 0 Å². The first-order chi connectivity index (χ1) is 18.8. The molecule has 7 nitrogen and oxygen atoms in total. The zero-order valence-corrected chi connectivity index (χ0v) is 23.5. The van der Waals surface area contributed by atoms with Gasteiger partial charge in [-0.3, -0.25) is 14.4 Å². The van der Waals surface area contributed by atoms with Gasteiger partial charge in [0.05, 0.1) is 11.6 Å². The average Bonchev–Trinajstić information content (AvgIpc) is 2.91. The normalized spacial score (nSPS) is 17.7. The van der Waals surface area contributed by atoms with Crippen LogP contribution in [-0.2, 0) is 14.4 Å². The first kappa shape index (κ1) is 27.3. The number of rotatable bonds is 7. The number of anilines is 1. The Labute approximate surface area is 237 Å². The molecule has 0 fully saturated rings. The zero-order valence-electron chi connectivity index (χ0n) is 21.9. The maximum atomic E-state index is 13.3. The van der Waals surface area contributed by atoms with Crippen molar-refractivity contribution >= 4 is 46.4 Å². The van der Waals surface area contributed by atoms with E-state index >= 15 is 0 Å². The quantitative estimate of drug-likeness (QED) is 0.413. The molecular weight excluding hydrogens is 539 g/mol. The minimum Gasteiger partial charge on any atom is -0.490 e. The van der Waals surface area contributed by atoms with Crippen molar-refractivity contribution in [2.75, 3.05) is 25.6 Å². The van der Waals surface area contributed by atoms with Crippen LogP contribution in [0, 0.1) is 0 Å². The summed E-state index contributed by atoms with van der Waals surface area (Å²) in [5.41, 5.74) is 4.61. The number of ether oxygens (including phenoxy) is 2. The number of hydrogen-bond donors (Lipinski definition) is 1. The van der Waals surface area contributed by atoms with Crippen LogP contribution < -0.4 is 14.8 Å². The molecule has 3 aliphatic rings. The monoisotopic (exact) mass is 568 g/mol. The molecule has 39 heavy (non-hydrogen) atoms. The second kappa shape index (κ2) is 11.4. The molecule has 2 aliphatic carbocycles. The summed E-state index contributed by atoms with van der Waals surface area (Å²) in [6.45, 7) is 1.88. The van der Waals surface area contributed by atoms with Crippen molar-refractivity contribution < 1.29 is 23.9 Å². The Hall–Kier alpha value is -3.29. The van der Waals surface area contributed by atoms with Crippen molar-refractivity contribution in [3.8, 4) is 11.5 Å². The number of carbonyl (C=O) groups is 3. The third-order valence-electron chi connectivity index (χ3n) is 7.39. The minimum atomic E-state index is -0.509. The molecule has 9 heteroatoms. The molecule has 204 valence electrons. The van der Waals surface area contributed by atoms with Crippen LogP contribution in [0.5, 0.6) is 11.5 Å². The second-order valence-electron chi connectivity index (χ2n) is 9.87. The molecule has 0 aromatic heterocycles. The number of allylic oxidation sites excluding steroid dienone is 4. The summed E-state index contributed by atoms with van der Waals surface area (Å²) in [5, 5.41) is 3.56. The van der Waals surface area contributed by atoms with Gasteiger partial charge >= 0.3 is 0 Å². The minimum absolute atomic E-state index is 0.0614. The van der Waals surface area contributed by atoms with Crippen molar-refractivity contribution in [3.05, 3.63) is 74.5 Å². The predicted octanol–water partition coefficient (Wildman–Crippen LogP) is 6.45. The van der Waals surface area contributed by atoms with Gasteiger partial charge < -0.3 is 19.7 Å². The molecule has 1 amide bonds. The molecule has 0 bridgehead atoms. The van der Waals surface area contributed by atoms with E-state index in [1.54, 1.807) is 36.4 Å². The highest BCUT2D eigenvalue weighted by Crippen LogP contribution is 2.50. The number of amides is 1. The highest BCUT2D eigenvalue weighted by Gasteiger charge is 2.42. The fraction of sp³-hybridized carbons (Fsp3) is 0.367. The van der Waals surface area contributed by atoms with Crippen LogP contribution >= 0.6 is 23.2 Å². The van der Waals surface area contributed by atoms with Gasteiger partial charge in [0.1, 0.15) is 0 Å². The van der Waals surface area contributed by atoms with Crippen LogP contribution in [0.15, 0.2) is 58.9 Å². The van der Waals surface area contributed by atoms with Gasteiger partial charge in [-0.25, -0.2) is 0 Å². The van der Waals surface area contributed by atoms with Gasteiger partial charge in [0.15, 0.2) is 29.7 Å². The van der Waals surface area contributed by atoms with E-state index in [9.17, 15) is 14.4 Å². The molecule has 1 aliphatic heterocycles. The van der Waals surface area contributed by atoms with Crippen LogP contribution in [0.1, 0.15) is 56.9 Å². The van der Waals surface area contributed by atoms with Gasteiger partial charge in [-0.2, -0.15) is 0 Å². The lowest BCUT2D eigenvalue weighted by atomic mass is 9.71. The van der Waals surface area contributed by atoms with Gasteiger partial charge in [-0.05, 0) is 74.6 Å². The van der Waals surface area contributed by atoms with Crippen LogP contribution in [0.3, 0.4) is 0 Å². The number of nitrogens with one attached hydrogen (secondary N) is 1. The third kappa shape index (κ3) is 5.43. The Morgan fingerprint density at radius 1 is 0.949 bits per heavy atom. The lowest BCUT2D eigenvalue weighted by Gasteiger charge is -2.42. The van der Waals surface area contributed by atoms with Gasteiger partial charge in [0.25, 0.3) is 5.91 Å². The lowest BCUT2D eigenvalue weighted by molar-refractivity contribution is -0.118. The molecule has 0 radical (unpaired) electrons. The molecule has 1 heterocycles. The van der Waals surface area contributed by atoms with Crippen molar-refractivity contribution in [2.45, 2.75) is 51.4 Å². The molecule has 2 aromatic rings. The number of benzene rings is 2. The van der Waals surface area contributed by atoms with Gasteiger partial charge in [-0.15, -0.1) is 0 Å². The molecule has 2 aromatic carbocycles. The van der Waals surface area contributed by atoms with E-state index in [4.69, 9.17) is 32.7 Å². The summed E-state index contributed by atoms with van der Waals surface area (Å²) in [6, 6.07) is 10.3. The van der Waals surface area contributed by atoms with E-state index in [2.05, 4.69) is 10.2 Å². The highest BCUT2D eigenvalue weighted by molar-refractivity contribution is 6.32. The summed E-state index contributed by atoms with van der Waals surface area (Å²) < 4.78 is 11.7. The van der Waals surface area contributed by atoms with Crippen molar-refractivity contribution in [2.24, 2.45) is 0 Å². The molecule has 0 saturated carbocycles. The van der Waals surface area contributed by atoms with Gasteiger partial charge in [-0.1, -0.05) is 23.2 Å². The number of nitrogens with zero attached hydrogens (tertiary/aromatic N) is 1. The smallest absolute Gasteiger partial charge is 0.262 e. The Morgan fingerprint density at radius 2 is 1.56 bits per heavy atom. The third-order valence-corrected chi connectivity index (χ3v) is 7.92. The van der Waals surface area contributed by atoms with E-state index in [1.165, 1.54) is 0 Å². The fourth-order valence-corrected chi connectivity index (χ4v) is 6.11. The van der Waals surface area contributed by atoms with Crippen LogP contribution in [-0.4, -0.2) is 42.6 Å². The summed E-state index contributed by atoms with van der Waals surface area (Å²) in [4.78, 5) is 41.2. The first-order valence-electron chi connectivity index (χ1n) is 13.2. The first-order valence-corrected chi connectivity index (χ1v) is 13.9. The van der Waals surface area contributed by atoms with Gasteiger partial charge in [0.2, 0.25) is 0 Å². The predicted molar refractivity (Wildman–Crippen MR) is 150 cm³/mol. The van der Waals surface area contributed by atoms with E-state index in [0.29, 0.717) is 52.6 Å². The Kier molecular flexibility index (Phi) is 8.01. The van der Waals surface area contributed by atoms with Crippen LogP contribution in [0.25, 0.3) is 0 Å².